The zero-order valence-corrected chi connectivity index (χ0v) is 16.9. The van der Waals surface area contributed by atoms with Crippen LogP contribution in [0.15, 0.2) is 95.4 Å². The number of nitrogens with zero attached hydrogens (tertiary/aromatic N) is 6. The molecule has 0 atom stereocenters. The molecule has 1 aromatic carbocycles. The maximum absolute atomic E-state index is 4.76. The molecule has 154 valence electrons. The lowest BCUT2D eigenvalue weighted by molar-refractivity contribution is 1.22. The lowest BCUT2D eigenvalue weighted by atomic mass is 10.1. The molecule has 0 aliphatic carbocycles. The first kappa shape index (κ1) is 19.3. The second-order valence-corrected chi connectivity index (χ2v) is 6.85. The van der Waals surface area contributed by atoms with Crippen LogP contribution < -0.4 is 10.9 Å². The molecule has 0 fully saturated rings. The minimum Gasteiger partial charge on any atom is -0.261 e. The Kier molecular flexibility index (Phi) is 5.40. The fourth-order valence-electron chi connectivity index (χ4n) is 3.13. The SMILES string of the molecule is C(=N\Nc1ccccn1)/c1ccc2ccc3ccc(/C=N/Nc4ccccn4)nc3c2n1. The van der Waals surface area contributed by atoms with Crippen molar-refractivity contribution in [3.63, 3.8) is 0 Å². The summed E-state index contributed by atoms with van der Waals surface area (Å²) in [7, 11) is 0. The van der Waals surface area contributed by atoms with Crippen LogP contribution in [0.2, 0.25) is 0 Å². The van der Waals surface area contributed by atoms with Crippen molar-refractivity contribution in [1.29, 1.82) is 0 Å². The minimum atomic E-state index is 0.667. The van der Waals surface area contributed by atoms with Crippen molar-refractivity contribution in [2.75, 3.05) is 10.9 Å². The maximum atomic E-state index is 4.76. The highest BCUT2D eigenvalue weighted by molar-refractivity contribution is 6.04. The van der Waals surface area contributed by atoms with Gasteiger partial charge in [0.2, 0.25) is 0 Å². The number of hydrogen-bond acceptors (Lipinski definition) is 8. The van der Waals surface area contributed by atoms with Crippen LogP contribution in [0.25, 0.3) is 21.8 Å². The standard InChI is InChI=1S/C24H18N8/c1-3-13-25-21(5-1)31-27-15-19-11-9-17-7-8-18-10-12-20(30-24(18)23(17)29-19)16-28-32-22-6-2-4-14-26-22/h1-16H,(H,25,31)(H,26,32)/b27-15+,28-16+. The lowest BCUT2D eigenvalue weighted by Gasteiger charge is -2.05. The van der Waals surface area contributed by atoms with E-state index < -0.39 is 0 Å². The first-order valence-corrected chi connectivity index (χ1v) is 9.96. The van der Waals surface area contributed by atoms with E-state index in [0.29, 0.717) is 23.0 Å². The van der Waals surface area contributed by atoms with E-state index in [-0.39, 0.29) is 0 Å². The van der Waals surface area contributed by atoms with Crippen molar-refractivity contribution < 1.29 is 0 Å². The van der Waals surface area contributed by atoms with Crippen LogP contribution in [0.4, 0.5) is 11.6 Å². The highest BCUT2D eigenvalue weighted by Gasteiger charge is 2.05. The molecule has 2 N–H and O–H groups in total. The summed E-state index contributed by atoms with van der Waals surface area (Å²) in [6, 6.07) is 23.1. The molecule has 0 spiro atoms. The summed E-state index contributed by atoms with van der Waals surface area (Å²) in [4.78, 5) is 17.9. The molecule has 8 heteroatoms. The van der Waals surface area contributed by atoms with Crippen LogP contribution in [0, 0.1) is 0 Å². The van der Waals surface area contributed by atoms with Gasteiger partial charge >= 0.3 is 0 Å². The van der Waals surface area contributed by atoms with Gasteiger partial charge in [0.15, 0.2) is 0 Å². The van der Waals surface area contributed by atoms with Gasteiger partial charge in [-0.2, -0.15) is 10.2 Å². The number of nitrogens with one attached hydrogen (secondary N) is 2. The van der Waals surface area contributed by atoms with Crippen LogP contribution in [0.3, 0.4) is 0 Å². The summed E-state index contributed by atoms with van der Waals surface area (Å²) < 4.78 is 0. The first-order valence-electron chi connectivity index (χ1n) is 9.96. The van der Waals surface area contributed by atoms with E-state index >= 15 is 0 Å². The molecule has 0 saturated heterocycles. The average molecular weight is 418 g/mol. The Balaban J connectivity index is 1.43. The van der Waals surface area contributed by atoms with E-state index in [2.05, 4.69) is 31.0 Å². The zero-order chi connectivity index (χ0) is 21.6. The van der Waals surface area contributed by atoms with E-state index in [0.717, 1.165) is 21.8 Å². The van der Waals surface area contributed by atoms with Gasteiger partial charge in [-0.05, 0) is 36.4 Å². The molecule has 5 aromatic rings. The Morgan fingerprint density at radius 2 is 1.03 bits per heavy atom. The van der Waals surface area contributed by atoms with E-state index in [1.165, 1.54) is 0 Å². The third-order valence-corrected chi connectivity index (χ3v) is 4.64. The third kappa shape index (κ3) is 4.39. The minimum absolute atomic E-state index is 0.667. The molecule has 0 aliphatic heterocycles. The Morgan fingerprint density at radius 3 is 1.47 bits per heavy atom. The Labute approximate surface area is 183 Å². The predicted molar refractivity (Wildman–Crippen MR) is 128 cm³/mol. The number of benzene rings is 1. The molecule has 0 amide bonds. The Hall–Kier alpha value is -4.72. The normalized spacial score (nSPS) is 11.5. The number of rotatable bonds is 6. The van der Waals surface area contributed by atoms with E-state index in [1.807, 2.05) is 72.8 Å². The zero-order valence-electron chi connectivity index (χ0n) is 16.9. The highest BCUT2D eigenvalue weighted by Crippen LogP contribution is 2.22. The Morgan fingerprint density at radius 1 is 0.562 bits per heavy atom. The van der Waals surface area contributed by atoms with Crippen LogP contribution in [-0.2, 0) is 0 Å². The number of anilines is 2. The Bertz CT molecular complexity index is 1310. The third-order valence-electron chi connectivity index (χ3n) is 4.64. The van der Waals surface area contributed by atoms with Gasteiger partial charge in [-0.25, -0.2) is 19.9 Å². The van der Waals surface area contributed by atoms with Gasteiger partial charge in [0.1, 0.15) is 11.6 Å². The second kappa shape index (κ2) is 8.97. The molecule has 32 heavy (non-hydrogen) atoms. The molecule has 0 saturated carbocycles. The number of hydrogen-bond donors (Lipinski definition) is 2. The average Bonchev–Trinajstić information content (AvgIpc) is 2.85. The molecular weight excluding hydrogens is 400 g/mol. The fraction of sp³-hybridized carbons (Fsp3) is 0. The summed E-state index contributed by atoms with van der Waals surface area (Å²) in [6.07, 6.45) is 6.73. The van der Waals surface area contributed by atoms with Gasteiger partial charge in [0, 0.05) is 23.2 Å². The molecule has 0 unspecified atom stereocenters. The summed E-state index contributed by atoms with van der Waals surface area (Å²) in [5.74, 6) is 1.33. The van der Waals surface area contributed by atoms with Crippen LogP contribution >= 0.6 is 0 Å². The second-order valence-electron chi connectivity index (χ2n) is 6.85. The molecule has 4 heterocycles. The van der Waals surface area contributed by atoms with Crippen molar-refractivity contribution in [3.8, 4) is 0 Å². The van der Waals surface area contributed by atoms with Crippen molar-refractivity contribution in [2.24, 2.45) is 10.2 Å². The van der Waals surface area contributed by atoms with E-state index in [4.69, 9.17) is 9.97 Å². The highest BCUT2D eigenvalue weighted by atomic mass is 15.3. The number of aromatic nitrogens is 4. The molecule has 0 aliphatic rings. The number of hydrazone groups is 2. The van der Waals surface area contributed by atoms with Crippen LogP contribution in [0.5, 0.6) is 0 Å². The first-order chi connectivity index (χ1) is 15.8. The summed E-state index contributed by atoms with van der Waals surface area (Å²) in [6.45, 7) is 0. The van der Waals surface area contributed by atoms with Crippen molar-refractivity contribution in [3.05, 3.63) is 96.6 Å². The quantitative estimate of drug-likeness (QED) is 0.240. The van der Waals surface area contributed by atoms with Crippen molar-refractivity contribution >= 4 is 45.9 Å². The van der Waals surface area contributed by atoms with E-state index in [1.54, 1.807) is 24.8 Å². The maximum Gasteiger partial charge on any atom is 0.146 e. The topological polar surface area (TPSA) is 100 Å². The molecule has 8 nitrogen and oxygen atoms in total. The summed E-state index contributed by atoms with van der Waals surface area (Å²) in [5.41, 5.74) is 8.83. The van der Waals surface area contributed by atoms with Crippen molar-refractivity contribution in [2.45, 2.75) is 0 Å². The predicted octanol–water partition coefficient (Wildman–Crippen LogP) is 4.47. The largest absolute Gasteiger partial charge is 0.261 e. The van der Waals surface area contributed by atoms with Gasteiger partial charge in [-0.3, -0.25) is 10.9 Å². The number of pyridine rings is 4. The van der Waals surface area contributed by atoms with E-state index in [9.17, 15) is 0 Å². The van der Waals surface area contributed by atoms with Gasteiger partial charge in [-0.1, -0.05) is 36.4 Å². The molecular formula is C24H18N8. The van der Waals surface area contributed by atoms with Crippen LogP contribution in [-0.4, -0.2) is 32.4 Å². The van der Waals surface area contributed by atoms with Gasteiger partial charge in [0.05, 0.1) is 34.9 Å². The van der Waals surface area contributed by atoms with Gasteiger partial charge < -0.3 is 0 Å². The fourth-order valence-corrected chi connectivity index (χ4v) is 3.13. The summed E-state index contributed by atoms with van der Waals surface area (Å²) in [5, 5.41) is 10.5. The molecule has 5 rings (SSSR count). The van der Waals surface area contributed by atoms with Gasteiger partial charge in [0.25, 0.3) is 0 Å². The monoisotopic (exact) mass is 418 g/mol. The van der Waals surface area contributed by atoms with Crippen LogP contribution in [0.1, 0.15) is 11.4 Å². The summed E-state index contributed by atoms with van der Waals surface area (Å²) >= 11 is 0. The smallest absolute Gasteiger partial charge is 0.146 e. The van der Waals surface area contributed by atoms with Crippen molar-refractivity contribution in [1.82, 2.24) is 19.9 Å². The lowest BCUT2D eigenvalue weighted by Crippen LogP contribution is -1.97. The molecule has 4 aromatic heterocycles. The molecule has 0 bridgehead atoms. The molecule has 0 radical (unpaired) electrons. The number of fused-ring (bicyclic) bond motifs is 3. The van der Waals surface area contributed by atoms with Gasteiger partial charge in [-0.15, -0.1) is 0 Å².